The van der Waals surface area contributed by atoms with Crippen molar-refractivity contribution in [3.8, 4) is 28.1 Å². The van der Waals surface area contributed by atoms with E-state index in [2.05, 4.69) is 10.6 Å². The lowest BCUT2D eigenvalue weighted by Gasteiger charge is -2.10. The van der Waals surface area contributed by atoms with Gasteiger partial charge in [-0.25, -0.2) is 13.8 Å². The number of hydrogen-bond acceptors (Lipinski definition) is 7. The predicted octanol–water partition coefficient (Wildman–Crippen LogP) is 4.56. The Morgan fingerprint density at radius 3 is 2.57 bits per heavy atom. The molecule has 0 aliphatic rings. The quantitative estimate of drug-likeness (QED) is 0.347. The molecular weight excluding hydrogens is 476 g/mol. The van der Waals surface area contributed by atoms with Crippen LogP contribution in [0.2, 0.25) is 0 Å². The predicted molar refractivity (Wildman–Crippen MR) is 127 cm³/mol. The number of nitrogen functional groups attached to an aromatic ring is 1. The Bertz CT molecular complexity index is 1580. The molecule has 11 heteroatoms. The summed E-state index contributed by atoms with van der Waals surface area (Å²) in [4.78, 5) is 18.2. The van der Waals surface area contributed by atoms with Crippen molar-refractivity contribution in [3.05, 3.63) is 71.2 Å². The number of carbonyl (C=O) groups excluding carboxylic acids is 1. The molecule has 0 aliphatic carbocycles. The van der Waals surface area contributed by atoms with Gasteiger partial charge in [0.15, 0.2) is 12.3 Å². The molecule has 0 radical (unpaired) electrons. The van der Waals surface area contributed by atoms with Crippen molar-refractivity contribution >= 4 is 39.0 Å². The van der Waals surface area contributed by atoms with Gasteiger partial charge in [-0.15, -0.1) is 11.3 Å². The van der Waals surface area contributed by atoms with Gasteiger partial charge in [-0.05, 0) is 48.0 Å². The number of nitrogens with zero attached hydrogens (tertiary/aromatic N) is 3. The number of pyridine rings is 1. The van der Waals surface area contributed by atoms with E-state index in [0.29, 0.717) is 27.2 Å². The van der Waals surface area contributed by atoms with Crippen molar-refractivity contribution in [1.82, 2.24) is 10.3 Å². The zero-order valence-corrected chi connectivity index (χ0v) is 19.3. The highest BCUT2D eigenvalue weighted by Gasteiger charge is 2.24. The van der Waals surface area contributed by atoms with Crippen molar-refractivity contribution in [3.63, 3.8) is 0 Å². The zero-order chi connectivity index (χ0) is 24.7. The highest BCUT2D eigenvalue weighted by atomic mass is 32.1. The second-order valence-electron chi connectivity index (χ2n) is 7.63. The fourth-order valence-electron chi connectivity index (χ4n) is 3.67. The Labute approximate surface area is 201 Å². The van der Waals surface area contributed by atoms with Crippen LogP contribution >= 0.6 is 11.3 Å². The largest absolute Gasteiger partial charge is 0.497 e. The number of aromatic nitrogens is 3. The molecule has 2 aromatic carbocycles. The molecule has 0 bridgehead atoms. The lowest BCUT2D eigenvalue weighted by atomic mass is 9.99. The Morgan fingerprint density at radius 2 is 1.91 bits per heavy atom. The molecule has 0 spiro atoms. The van der Waals surface area contributed by atoms with Gasteiger partial charge in [0.1, 0.15) is 27.1 Å². The number of aryl methyl sites for hydroxylation is 1. The topological polar surface area (TPSA) is 107 Å². The molecule has 35 heavy (non-hydrogen) atoms. The van der Waals surface area contributed by atoms with Crippen LogP contribution in [0.4, 0.5) is 20.4 Å². The third-order valence-electron chi connectivity index (χ3n) is 5.32. The van der Waals surface area contributed by atoms with Gasteiger partial charge in [0, 0.05) is 22.6 Å². The van der Waals surface area contributed by atoms with Crippen LogP contribution in [-0.4, -0.2) is 23.3 Å². The number of anilines is 2. The lowest BCUT2D eigenvalue weighted by molar-refractivity contribution is -0.739. The summed E-state index contributed by atoms with van der Waals surface area (Å²) < 4.78 is 40.1. The van der Waals surface area contributed by atoms with E-state index in [4.69, 9.17) is 20.0 Å². The Balaban J connectivity index is 1.70. The number of hydrogen-bond donors (Lipinski definition) is 2. The van der Waals surface area contributed by atoms with Crippen molar-refractivity contribution in [2.45, 2.75) is 0 Å². The first kappa shape index (κ1) is 22.4. The van der Waals surface area contributed by atoms with Crippen molar-refractivity contribution in [2.75, 3.05) is 18.2 Å². The number of halogens is 2. The Hall–Kier alpha value is -4.38. The van der Waals surface area contributed by atoms with Gasteiger partial charge in [0.05, 0.1) is 18.5 Å². The van der Waals surface area contributed by atoms with E-state index in [9.17, 15) is 13.6 Å². The minimum Gasteiger partial charge on any atom is -0.497 e. The second-order valence-corrected chi connectivity index (χ2v) is 8.63. The number of benzene rings is 2. The van der Waals surface area contributed by atoms with Gasteiger partial charge < -0.3 is 10.5 Å². The summed E-state index contributed by atoms with van der Waals surface area (Å²) >= 11 is 1.05. The summed E-state index contributed by atoms with van der Waals surface area (Å²) in [7, 11) is 3.20. The fourth-order valence-corrected chi connectivity index (χ4v) is 4.68. The van der Waals surface area contributed by atoms with E-state index in [1.54, 1.807) is 32.4 Å². The monoisotopic (exact) mass is 494 g/mol. The number of carbonyl (C=O) groups is 1. The molecule has 3 heterocycles. The highest BCUT2D eigenvalue weighted by Crippen LogP contribution is 2.42. The summed E-state index contributed by atoms with van der Waals surface area (Å²) in [5.74, 6) is -1.20. The third kappa shape index (κ3) is 4.17. The fraction of sp³-hybridized carbons (Fsp3) is 0.0833. The molecule has 0 fully saturated rings. The minimum absolute atomic E-state index is 0.124. The van der Waals surface area contributed by atoms with Crippen LogP contribution in [0.5, 0.6) is 5.75 Å². The number of fused-ring (bicyclic) bond motifs is 1. The second kappa shape index (κ2) is 8.76. The van der Waals surface area contributed by atoms with Crippen LogP contribution in [0, 0.1) is 11.6 Å². The molecule has 8 nitrogen and oxygen atoms in total. The highest BCUT2D eigenvalue weighted by molar-refractivity contribution is 7.21. The maximum absolute atomic E-state index is 14.9. The molecule has 0 unspecified atom stereocenters. The van der Waals surface area contributed by atoms with Crippen molar-refractivity contribution in [1.29, 1.82) is 0 Å². The van der Waals surface area contributed by atoms with Gasteiger partial charge in [0.2, 0.25) is 0 Å². The van der Waals surface area contributed by atoms with Crippen LogP contribution in [-0.2, 0) is 7.05 Å². The Morgan fingerprint density at radius 1 is 1.14 bits per heavy atom. The van der Waals surface area contributed by atoms with Gasteiger partial charge in [-0.1, -0.05) is 4.68 Å². The number of nitrogens with one attached hydrogen (secondary N) is 1. The van der Waals surface area contributed by atoms with Crippen molar-refractivity contribution in [2.24, 2.45) is 7.05 Å². The van der Waals surface area contributed by atoms with E-state index in [0.717, 1.165) is 29.0 Å². The molecule has 0 atom stereocenters. The molecule has 5 rings (SSSR count). The van der Waals surface area contributed by atoms with Crippen LogP contribution in [0.3, 0.4) is 0 Å². The van der Waals surface area contributed by atoms with E-state index >= 15 is 0 Å². The summed E-state index contributed by atoms with van der Waals surface area (Å²) in [5, 5.41) is 6.65. The molecule has 176 valence electrons. The summed E-state index contributed by atoms with van der Waals surface area (Å²) in [5.41, 5.74) is 8.29. The number of nitrogens with two attached hydrogens (primary N) is 1. The van der Waals surface area contributed by atoms with Crippen molar-refractivity contribution < 1.29 is 27.5 Å². The summed E-state index contributed by atoms with van der Waals surface area (Å²) in [6, 6.07) is 12.1. The number of methoxy groups -OCH3 is 1. The van der Waals surface area contributed by atoms with Crippen LogP contribution in [0.15, 0.2) is 59.3 Å². The number of rotatable bonds is 5. The Kier molecular flexibility index (Phi) is 5.61. The molecule has 5 aromatic rings. The molecule has 0 saturated heterocycles. The summed E-state index contributed by atoms with van der Waals surface area (Å²) in [6.45, 7) is 0. The third-order valence-corrected chi connectivity index (χ3v) is 6.42. The molecule has 1 amide bonds. The van der Waals surface area contributed by atoms with E-state index in [1.165, 1.54) is 16.9 Å². The number of amides is 1. The van der Waals surface area contributed by atoms with Crippen LogP contribution in [0.25, 0.3) is 32.6 Å². The first-order chi connectivity index (χ1) is 16.8. The van der Waals surface area contributed by atoms with Crippen LogP contribution in [0.1, 0.15) is 9.67 Å². The molecule has 0 saturated carbocycles. The van der Waals surface area contributed by atoms with Gasteiger partial charge in [-0.3, -0.25) is 14.6 Å². The molecular formula is C24H18F2N5O3S+. The average molecular weight is 495 g/mol. The number of thiophene rings is 1. The lowest BCUT2D eigenvalue weighted by Crippen LogP contribution is -2.28. The first-order valence-corrected chi connectivity index (χ1v) is 11.1. The van der Waals surface area contributed by atoms with Gasteiger partial charge in [0.25, 0.3) is 12.1 Å². The van der Waals surface area contributed by atoms with E-state index in [1.807, 2.05) is 12.1 Å². The average Bonchev–Trinajstić information content (AvgIpc) is 3.41. The first-order valence-electron chi connectivity index (χ1n) is 10.3. The van der Waals surface area contributed by atoms with E-state index in [-0.39, 0.29) is 22.0 Å². The van der Waals surface area contributed by atoms with Gasteiger partial charge in [-0.2, -0.15) is 0 Å². The maximum Gasteiger partial charge on any atom is 0.302 e. The maximum atomic E-state index is 14.9. The molecule has 3 N–H and O–H groups in total. The normalized spacial score (nSPS) is 11.1. The number of ether oxygens (including phenoxy) is 1. The molecule has 3 aromatic heterocycles. The standard InChI is InChI=1S/C24H17F2N5O3S/c1-31-11-19(34-30-31)29-23(32)22-21(27)20-16(15-8-5-13(25)9-17(15)26)10-18(28-24(20)35-22)12-3-6-14(33-2)7-4-12/h3-11H,1-2H3,(H2-,27,29,30,32)/p+1. The SMILES string of the molecule is COc1ccc(-c2cc(-c3ccc(F)cc3F)c3c(N)c(C(=O)Nc4c[n+](C)no4)sc3n2)cc1. The van der Waals surface area contributed by atoms with Crippen LogP contribution < -0.4 is 20.5 Å². The smallest absolute Gasteiger partial charge is 0.302 e. The zero-order valence-electron chi connectivity index (χ0n) is 18.5. The van der Waals surface area contributed by atoms with Gasteiger partial charge >= 0.3 is 5.88 Å². The van der Waals surface area contributed by atoms with E-state index < -0.39 is 17.5 Å². The minimum atomic E-state index is -0.760. The molecule has 0 aliphatic heterocycles. The summed E-state index contributed by atoms with van der Waals surface area (Å²) in [6.07, 6.45) is 1.49.